The molecule has 162 valence electrons. The maximum Gasteiger partial charge on any atom is 0.229 e. The lowest BCUT2D eigenvalue weighted by Gasteiger charge is -2.27. The highest BCUT2D eigenvalue weighted by Gasteiger charge is 2.19. The average Bonchev–Trinajstić information content (AvgIpc) is 3.23. The van der Waals surface area contributed by atoms with E-state index in [0.29, 0.717) is 36.1 Å². The smallest absolute Gasteiger partial charge is 0.229 e. The summed E-state index contributed by atoms with van der Waals surface area (Å²) in [6.07, 6.45) is 5.24. The molecule has 1 saturated heterocycles. The minimum absolute atomic E-state index is 0.622. The SMILES string of the molecule is Cc1cccc(/C=N/n2cnc3c(Nc4cccnc4C)nc(N4CCOCC4)nc32)c1. The average molecular weight is 429 g/mol. The topological polar surface area (TPSA) is 93.4 Å². The molecule has 0 aliphatic carbocycles. The molecule has 0 amide bonds. The predicted molar refractivity (Wildman–Crippen MR) is 125 cm³/mol. The summed E-state index contributed by atoms with van der Waals surface area (Å²) in [5.74, 6) is 1.24. The number of imidazole rings is 1. The first kappa shape index (κ1) is 20.1. The first-order valence-electron chi connectivity index (χ1n) is 10.5. The van der Waals surface area contributed by atoms with E-state index in [4.69, 9.17) is 14.7 Å². The van der Waals surface area contributed by atoms with Gasteiger partial charge in [0, 0.05) is 19.3 Å². The number of morpholine rings is 1. The van der Waals surface area contributed by atoms with Gasteiger partial charge in [0.15, 0.2) is 17.0 Å². The molecule has 0 unspecified atom stereocenters. The highest BCUT2D eigenvalue weighted by Crippen LogP contribution is 2.26. The van der Waals surface area contributed by atoms with Crippen molar-refractivity contribution >= 4 is 34.8 Å². The third kappa shape index (κ3) is 4.15. The number of fused-ring (bicyclic) bond motifs is 1. The summed E-state index contributed by atoms with van der Waals surface area (Å²) in [4.78, 5) is 20.6. The number of rotatable bonds is 5. The van der Waals surface area contributed by atoms with E-state index in [1.807, 2.05) is 37.4 Å². The van der Waals surface area contributed by atoms with Crippen molar-refractivity contribution < 1.29 is 4.74 Å². The first-order chi connectivity index (χ1) is 15.7. The fourth-order valence-corrected chi connectivity index (χ4v) is 3.58. The number of nitrogens with zero attached hydrogens (tertiary/aromatic N) is 7. The molecule has 0 atom stereocenters. The zero-order valence-electron chi connectivity index (χ0n) is 18.1. The van der Waals surface area contributed by atoms with E-state index in [-0.39, 0.29) is 0 Å². The van der Waals surface area contributed by atoms with Crippen LogP contribution in [0.1, 0.15) is 16.8 Å². The number of anilines is 3. The van der Waals surface area contributed by atoms with Gasteiger partial charge >= 0.3 is 0 Å². The molecule has 4 heterocycles. The van der Waals surface area contributed by atoms with E-state index >= 15 is 0 Å². The minimum Gasteiger partial charge on any atom is -0.378 e. The lowest BCUT2D eigenvalue weighted by atomic mass is 10.2. The number of nitrogens with one attached hydrogen (secondary N) is 1. The van der Waals surface area contributed by atoms with E-state index in [1.54, 1.807) is 17.2 Å². The third-order valence-electron chi connectivity index (χ3n) is 5.29. The Balaban J connectivity index is 1.58. The molecule has 0 radical (unpaired) electrons. The molecule has 5 rings (SSSR count). The van der Waals surface area contributed by atoms with Crippen molar-refractivity contribution in [2.24, 2.45) is 5.10 Å². The highest BCUT2D eigenvalue weighted by molar-refractivity contribution is 5.87. The Morgan fingerprint density at radius 3 is 2.75 bits per heavy atom. The standard InChI is InChI=1S/C23H24N8O/c1-16-5-3-6-18(13-16)14-26-31-15-25-20-21(27-19-7-4-8-24-17(19)2)28-23(29-22(20)31)30-9-11-32-12-10-30/h3-8,13-15H,9-12H2,1-2H3,(H,27,28,29)/b26-14+. The fourth-order valence-electron chi connectivity index (χ4n) is 3.58. The van der Waals surface area contributed by atoms with Gasteiger partial charge in [-0.2, -0.15) is 15.1 Å². The van der Waals surface area contributed by atoms with Crippen LogP contribution < -0.4 is 10.2 Å². The lowest BCUT2D eigenvalue weighted by Crippen LogP contribution is -2.37. The van der Waals surface area contributed by atoms with Gasteiger partial charge in [-0.05, 0) is 31.5 Å². The normalized spacial score (nSPS) is 14.4. The molecule has 1 aromatic carbocycles. The highest BCUT2D eigenvalue weighted by atomic mass is 16.5. The van der Waals surface area contributed by atoms with Gasteiger partial charge in [-0.1, -0.05) is 29.8 Å². The molecule has 1 fully saturated rings. The minimum atomic E-state index is 0.622. The van der Waals surface area contributed by atoms with Crippen LogP contribution in [0, 0.1) is 13.8 Å². The van der Waals surface area contributed by atoms with Crippen molar-refractivity contribution in [2.45, 2.75) is 13.8 Å². The zero-order valence-corrected chi connectivity index (χ0v) is 18.1. The first-order valence-corrected chi connectivity index (χ1v) is 10.5. The van der Waals surface area contributed by atoms with Gasteiger partial charge in [0.25, 0.3) is 0 Å². The molecule has 1 aliphatic heterocycles. The number of benzene rings is 1. The maximum absolute atomic E-state index is 5.49. The second-order valence-corrected chi connectivity index (χ2v) is 7.65. The van der Waals surface area contributed by atoms with E-state index in [2.05, 4.69) is 44.3 Å². The molecule has 9 nitrogen and oxygen atoms in total. The van der Waals surface area contributed by atoms with Crippen LogP contribution in [0.4, 0.5) is 17.5 Å². The van der Waals surface area contributed by atoms with Crippen LogP contribution in [-0.4, -0.2) is 57.1 Å². The molecule has 0 saturated carbocycles. The summed E-state index contributed by atoms with van der Waals surface area (Å²) in [6.45, 7) is 6.78. The van der Waals surface area contributed by atoms with E-state index in [1.165, 1.54) is 5.56 Å². The van der Waals surface area contributed by atoms with Crippen LogP contribution in [0.25, 0.3) is 11.2 Å². The largest absolute Gasteiger partial charge is 0.378 e. The van der Waals surface area contributed by atoms with Crippen LogP contribution in [0.2, 0.25) is 0 Å². The van der Waals surface area contributed by atoms with Gasteiger partial charge in [0.05, 0.1) is 30.8 Å². The Hall–Kier alpha value is -3.85. The van der Waals surface area contributed by atoms with Crippen LogP contribution in [-0.2, 0) is 4.74 Å². The molecule has 0 spiro atoms. The Kier molecular flexibility index (Phi) is 5.47. The molecule has 4 aromatic rings. The van der Waals surface area contributed by atoms with Gasteiger partial charge in [-0.3, -0.25) is 4.98 Å². The molecule has 1 N–H and O–H groups in total. The number of aryl methyl sites for hydroxylation is 2. The summed E-state index contributed by atoms with van der Waals surface area (Å²) < 4.78 is 7.18. The Morgan fingerprint density at radius 1 is 1.06 bits per heavy atom. The van der Waals surface area contributed by atoms with Gasteiger partial charge in [0.1, 0.15) is 6.33 Å². The summed E-state index contributed by atoms with van der Waals surface area (Å²) in [5.41, 5.74) is 5.22. The van der Waals surface area contributed by atoms with E-state index in [0.717, 1.165) is 30.0 Å². The monoisotopic (exact) mass is 428 g/mol. The van der Waals surface area contributed by atoms with E-state index < -0.39 is 0 Å². The van der Waals surface area contributed by atoms with Gasteiger partial charge < -0.3 is 15.0 Å². The Morgan fingerprint density at radius 2 is 1.94 bits per heavy atom. The second kappa shape index (κ2) is 8.72. The van der Waals surface area contributed by atoms with Crippen molar-refractivity contribution in [1.82, 2.24) is 24.6 Å². The quantitative estimate of drug-likeness (QED) is 0.488. The molecule has 3 aromatic heterocycles. The van der Waals surface area contributed by atoms with Crippen molar-refractivity contribution in [1.29, 1.82) is 0 Å². The van der Waals surface area contributed by atoms with Crippen LogP contribution in [0.15, 0.2) is 54.0 Å². The predicted octanol–water partition coefficient (Wildman–Crippen LogP) is 3.30. The summed E-state index contributed by atoms with van der Waals surface area (Å²) in [6, 6.07) is 12.0. The summed E-state index contributed by atoms with van der Waals surface area (Å²) in [7, 11) is 0. The Bertz CT molecular complexity index is 1280. The molecule has 0 bridgehead atoms. The Labute approximate surface area is 185 Å². The third-order valence-corrected chi connectivity index (χ3v) is 5.29. The zero-order chi connectivity index (χ0) is 21.9. The summed E-state index contributed by atoms with van der Waals surface area (Å²) in [5, 5.41) is 8.00. The molecular weight excluding hydrogens is 404 g/mol. The maximum atomic E-state index is 5.49. The van der Waals surface area contributed by atoms with Crippen molar-refractivity contribution in [3.63, 3.8) is 0 Å². The number of hydrogen-bond donors (Lipinski definition) is 1. The van der Waals surface area contributed by atoms with Crippen LogP contribution in [0.5, 0.6) is 0 Å². The molecule has 9 heteroatoms. The van der Waals surface area contributed by atoms with Crippen molar-refractivity contribution in [3.8, 4) is 0 Å². The van der Waals surface area contributed by atoms with Crippen LogP contribution >= 0.6 is 0 Å². The summed E-state index contributed by atoms with van der Waals surface area (Å²) >= 11 is 0. The molecular formula is C23H24N8O. The number of pyridine rings is 1. The molecule has 32 heavy (non-hydrogen) atoms. The van der Waals surface area contributed by atoms with Gasteiger partial charge in [-0.25, -0.2) is 9.66 Å². The van der Waals surface area contributed by atoms with Gasteiger partial charge in [-0.15, -0.1) is 0 Å². The lowest BCUT2D eigenvalue weighted by molar-refractivity contribution is 0.122. The van der Waals surface area contributed by atoms with Crippen molar-refractivity contribution in [3.05, 3.63) is 65.7 Å². The van der Waals surface area contributed by atoms with Crippen LogP contribution in [0.3, 0.4) is 0 Å². The van der Waals surface area contributed by atoms with E-state index in [9.17, 15) is 0 Å². The number of aromatic nitrogens is 5. The number of hydrogen-bond acceptors (Lipinski definition) is 8. The fraction of sp³-hybridized carbons (Fsp3) is 0.261. The van der Waals surface area contributed by atoms with Crippen molar-refractivity contribution in [2.75, 3.05) is 36.5 Å². The van der Waals surface area contributed by atoms with Gasteiger partial charge in [0.2, 0.25) is 5.95 Å². The number of ether oxygens (including phenoxy) is 1. The molecule has 1 aliphatic rings. The second-order valence-electron chi connectivity index (χ2n) is 7.65.